The largest absolute Gasteiger partial charge is 0.495 e. The Hall–Kier alpha value is -3.13. The van der Waals surface area contributed by atoms with Crippen LogP contribution >= 0.6 is 11.8 Å². The highest BCUT2D eigenvalue weighted by atomic mass is 32.2. The van der Waals surface area contributed by atoms with Crippen molar-refractivity contribution in [1.29, 1.82) is 5.41 Å². The standard InChI is InChI=1S/C23H25N5O2S/c1-13(2)10-20-26-28-21(24)17(22(29)25-23(28)31-20)12-16-11-14(3)27(15(16)4)18-8-6-7-9-19(18)30-5/h6-9,11-13,24H,10H2,1-5H3. The van der Waals surface area contributed by atoms with Gasteiger partial charge in [0.05, 0.1) is 18.4 Å². The zero-order chi connectivity index (χ0) is 22.3. The van der Waals surface area contributed by atoms with E-state index in [2.05, 4.69) is 28.5 Å². The average molecular weight is 436 g/mol. The number of benzene rings is 1. The normalized spacial score (nSPS) is 17.4. The Balaban J connectivity index is 1.73. The first kappa shape index (κ1) is 21.1. The highest BCUT2D eigenvalue weighted by Gasteiger charge is 2.35. The predicted molar refractivity (Wildman–Crippen MR) is 126 cm³/mol. The minimum Gasteiger partial charge on any atom is -0.495 e. The van der Waals surface area contributed by atoms with Crippen molar-refractivity contribution in [3.05, 3.63) is 52.9 Å². The lowest BCUT2D eigenvalue weighted by molar-refractivity contribution is -0.114. The van der Waals surface area contributed by atoms with Gasteiger partial charge in [-0.05, 0) is 61.4 Å². The number of amides is 1. The third kappa shape index (κ3) is 3.83. The van der Waals surface area contributed by atoms with Crippen LogP contribution in [-0.2, 0) is 4.79 Å². The molecule has 3 heterocycles. The summed E-state index contributed by atoms with van der Waals surface area (Å²) in [5.41, 5.74) is 3.97. The number of para-hydroxylation sites is 2. The molecule has 1 N–H and O–H groups in total. The van der Waals surface area contributed by atoms with Crippen LogP contribution in [0.2, 0.25) is 0 Å². The van der Waals surface area contributed by atoms with E-state index in [0.717, 1.165) is 39.9 Å². The minimum atomic E-state index is -0.410. The zero-order valence-electron chi connectivity index (χ0n) is 18.3. The summed E-state index contributed by atoms with van der Waals surface area (Å²) in [6.07, 6.45) is 2.53. The quantitative estimate of drug-likeness (QED) is 0.686. The van der Waals surface area contributed by atoms with Crippen molar-refractivity contribution in [1.82, 2.24) is 9.58 Å². The number of nitrogens with one attached hydrogen (secondary N) is 1. The van der Waals surface area contributed by atoms with Gasteiger partial charge in [0.15, 0.2) is 5.84 Å². The molecule has 2 aliphatic rings. The molecule has 0 saturated heterocycles. The first-order valence-electron chi connectivity index (χ1n) is 10.1. The Labute approximate surface area is 186 Å². The molecule has 8 heteroatoms. The number of aliphatic imine (C=N–C) groups is 1. The van der Waals surface area contributed by atoms with E-state index in [4.69, 9.17) is 10.1 Å². The second-order valence-electron chi connectivity index (χ2n) is 7.95. The molecule has 0 aliphatic carbocycles. The number of rotatable bonds is 5. The smallest absolute Gasteiger partial charge is 0.283 e. The highest BCUT2D eigenvalue weighted by Crippen LogP contribution is 2.32. The number of methoxy groups -OCH3 is 1. The molecule has 31 heavy (non-hydrogen) atoms. The Bertz CT molecular complexity index is 1170. The molecule has 1 aromatic heterocycles. The van der Waals surface area contributed by atoms with E-state index in [0.29, 0.717) is 11.1 Å². The van der Waals surface area contributed by atoms with Crippen molar-refractivity contribution >= 4 is 39.8 Å². The van der Waals surface area contributed by atoms with Crippen LogP contribution in [0.3, 0.4) is 0 Å². The van der Waals surface area contributed by atoms with Crippen LogP contribution in [0.5, 0.6) is 5.75 Å². The number of amidine groups is 2. The van der Waals surface area contributed by atoms with Gasteiger partial charge in [0, 0.05) is 17.8 Å². The minimum absolute atomic E-state index is 0.0587. The number of thioether (sulfide) groups is 1. The third-order valence-corrected chi connectivity index (χ3v) is 6.11. The number of fused-ring (bicyclic) bond motifs is 1. The lowest BCUT2D eigenvalue weighted by Crippen LogP contribution is -2.35. The predicted octanol–water partition coefficient (Wildman–Crippen LogP) is 4.77. The summed E-state index contributed by atoms with van der Waals surface area (Å²) in [4.78, 5) is 16.9. The van der Waals surface area contributed by atoms with Gasteiger partial charge in [-0.2, -0.15) is 15.1 Å². The van der Waals surface area contributed by atoms with Gasteiger partial charge in [-0.25, -0.2) is 0 Å². The summed E-state index contributed by atoms with van der Waals surface area (Å²) in [5.74, 6) is 0.851. The number of hydrazone groups is 1. The monoisotopic (exact) mass is 435 g/mol. The summed E-state index contributed by atoms with van der Waals surface area (Å²) in [5, 5.41) is 15.9. The first-order chi connectivity index (χ1) is 14.8. The SMILES string of the molecule is COc1ccccc1-n1c(C)cc(C=C2C(=N)N3N=C(CC(C)C)SC3=NC2=O)c1C. The second kappa shape index (κ2) is 8.19. The van der Waals surface area contributed by atoms with Gasteiger partial charge >= 0.3 is 0 Å². The van der Waals surface area contributed by atoms with E-state index in [9.17, 15) is 4.79 Å². The number of carbonyl (C=O) groups excluding carboxylic acids is 1. The van der Waals surface area contributed by atoms with Crippen LogP contribution in [0, 0.1) is 25.2 Å². The van der Waals surface area contributed by atoms with Gasteiger partial charge < -0.3 is 9.30 Å². The molecule has 0 spiro atoms. The fraction of sp³-hybridized carbons (Fsp3) is 0.304. The number of hydrogen-bond acceptors (Lipinski definition) is 5. The molecule has 2 aromatic rings. The fourth-order valence-corrected chi connectivity index (χ4v) is 4.83. The number of nitrogens with zero attached hydrogens (tertiary/aromatic N) is 4. The maximum Gasteiger partial charge on any atom is 0.283 e. The molecule has 0 saturated carbocycles. The molecule has 160 valence electrons. The summed E-state index contributed by atoms with van der Waals surface area (Å²) in [7, 11) is 1.65. The number of hydrogen-bond donors (Lipinski definition) is 1. The molecule has 0 atom stereocenters. The first-order valence-corrected chi connectivity index (χ1v) is 10.9. The van der Waals surface area contributed by atoms with Crippen molar-refractivity contribution in [2.75, 3.05) is 7.11 Å². The Morgan fingerprint density at radius 2 is 2.00 bits per heavy atom. The van der Waals surface area contributed by atoms with E-state index in [1.807, 2.05) is 44.2 Å². The lowest BCUT2D eigenvalue weighted by atomic mass is 10.1. The Morgan fingerprint density at radius 3 is 2.71 bits per heavy atom. The zero-order valence-corrected chi connectivity index (χ0v) is 19.1. The summed E-state index contributed by atoms with van der Waals surface area (Å²) in [6, 6.07) is 9.80. The molecule has 2 aliphatic heterocycles. The Morgan fingerprint density at radius 1 is 1.26 bits per heavy atom. The fourth-order valence-electron chi connectivity index (χ4n) is 3.74. The maximum atomic E-state index is 12.7. The van der Waals surface area contributed by atoms with Gasteiger partial charge in [-0.1, -0.05) is 26.0 Å². The topological polar surface area (TPSA) is 83.0 Å². The van der Waals surface area contributed by atoms with Crippen LogP contribution < -0.4 is 4.74 Å². The lowest BCUT2D eigenvalue weighted by Gasteiger charge is -2.20. The number of carbonyl (C=O) groups is 1. The maximum absolute atomic E-state index is 12.7. The molecular formula is C23H25N5O2S. The molecular weight excluding hydrogens is 410 g/mol. The molecule has 0 fully saturated rings. The van der Waals surface area contributed by atoms with Crippen LogP contribution in [-0.4, -0.2) is 38.6 Å². The van der Waals surface area contributed by atoms with Gasteiger partial charge in [0.25, 0.3) is 5.91 Å². The van der Waals surface area contributed by atoms with Crippen LogP contribution in [0.1, 0.15) is 37.2 Å². The van der Waals surface area contributed by atoms with E-state index >= 15 is 0 Å². The molecule has 4 rings (SSSR count). The summed E-state index contributed by atoms with van der Waals surface area (Å²) >= 11 is 1.37. The van der Waals surface area contributed by atoms with Gasteiger partial charge in [0.2, 0.25) is 5.17 Å². The summed E-state index contributed by atoms with van der Waals surface area (Å²) < 4.78 is 7.61. The third-order valence-electron chi connectivity index (χ3n) is 5.18. The van der Waals surface area contributed by atoms with Crippen molar-refractivity contribution in [2.45, 2.75) is 34.1 Å². The van der Waals surface area contributed by atoms with E-state index in [-0.39, 0.29) is 11.4 Å². The molecule has 0 bridgehead atoms. The van der Waals surface area contributed by atoms with E-state index in [1.54, 1.807) is 13.2 Å². The van der Waals surface area contributed by atoms with Crippen molar-refractivity contribution in [2.24, 2.45) is 16.0 Å². The molecule has 0 radical (unpaired) electrons. The summed E-state index contributed by atoms with van der Waals surface area (Å²) in [6.45, 7) is 8.22. The van der Waals surface area contributed by atoms with Gasteiger partial charge in [0.1, 0.15) is 10.8 Å². The molecule has 0 unspecified atom stereocenters. The molecule has 1 aromatic carbocycles. The van der Waals surface area contributed by atoms with E-state index in [1.165, 1.54) is 16.8 Å². The average Bonchev–Trinajstić information content (AvgIpc) is 3.24. The number of aromatic nitrogens is 1. The van der Waals surface area contributed by atoms with Crippen molar-refractivity contribution in [3.63, 3.8) is 0 Å². The Kier molecular flexibility index (Phi) is 5.58. The molecule has 7 nitrogen and oxygen atoms in total. The van der Waals surface area contributed by atoms with Crippen molar-refractivity contribution < 1.29 is 9.53 Å². The van der Waals surface area contributed by atoms with Gasteiger partial charge in [-0.3, -0.25) is 10.2 Å². The number of aryl methyl sites for hydroxylation is 1. The van der Waals surface area contributed by atoms with Crippen molar-refractivity contribution in [3.8, 4) is 11.4 Å². The molecule has 1 amide bonds. The van der Waals surface area contributed by atoms with Crippen LogP contribution in [0.4, 0.5) is 0 Å². The van der Waals surface area contributed by atoms with Crippen LogP contribution in [0.25, 0.3) is 11.8 Å². The van der Waals surface area contributed by atoms with Gasteiger partial charge in [-0.15, -0.1) is 0 Å². The van der Waals surface area contributed by atoms with E-state index < -0.39 is 5.91 Å². The van der Waals surface area contributed by atoms with Crippen LogP contribution in [0.15, 0.2) is 46.0 Å². The second-order valence-corrected chi connectivity index (χ2v) is 8.99. The highest BCUT2D eigenvalue weighted by molar-refractivity contribution is 8.26. The number of ether oxygens (including phenoxy) is 1.